The summed E-state index contributed by atoms with van der Waals surface area (Å²) >= 11 is 0. The Morgan fingerprint density at radius 1 is 1.06 bits per heavy atom. The van der Waals surface area contributed by atoms with Crippen LogP contribution in [0.3, 0.4) is 0 Å². The lowest BCUT2D eigenvalue weighted by atomic mass is 10.1. The van der Waals surface area contributed by atoms with Crippen LogP contribution in [0.2, 0.25) is 0 Å². The van der Waals surface area contributed by atoms with Gasteiger partial charge in [0.25, 0.3) is 5.91 Å². The fourth-order valence-corrected chi connectivity index (χ4v) is 5.26. The fraction of sp³-hybridized carbons (Fsp3) is 0.346. The zero-order chi connectivity index (χ0) is 24.8. The number of nitrogens with zero attached hydrogens (tertiary/aromatic N) is 7. The van der Waals surface area contributed by atoms with Crippen LogP contribution >= 0.6 is 0 Å². The summed E-state index contributed by atoms with van der Waals surface area (Å²) in [5.74, 6) is 2.16. The van der Waals surface area contributed by atoms with E-state index in [0.717, 1.165) is 41.3 Å². The van der Waals surface area contributed by atoms with E-state index in [-0.39, 0.29) is 18.0 Å². The summed E-state index contributed by atoms with van der Waals surface area (Å²) in [6, 6.07) is 9.93. The van der Waals surface area contributed by atoms with Crippen molar-refractivity contribution >= 4 is 23.5 Å². The lowest BCUT2D eigenvalue weighted by molar-refractivity contribution is 0.0640. The zero-order valence-electron chi connectivity index (χ0n) is 20.6. The minimum atomic E-state index is 0.0516. The van der Waals surface area contributed by atoms with Crippen molar-refractivity contribution in [3.63, 3.8) is 0 Å². The van der Waals surface area contributed by atoms with E-state index in [9.17, 15) is 4.79 Å². The van der Waals surface area contributed by atoms with Crippen molar-refractivity contribution in [2.45, 2.75) is 38.8 Å². The molecule has 2 bridgehead atoms. The second kappa shape index (κ2) is 8.78. The Morgan fingerprint density at radius 2 is 1.86 bits per heavy atom. The van der Waals surface area contributed by atoms with Crippen molar-refractivity contribution in [3.05, 3.63) is 65.9 Å². The van der Waals surface area contributed by atoms with E-state index in [0.29, 0.717) is 30.4 Å². The van der Waals surface area contributed by atoms with Gasteiger partial charge in [-0.1, -0.05) is 0 Å². The molecule has 6 heterocycles. The van der Waals surface area contributed by atoms with Crippen molar-refractivity contribution in [1.29, 1.82) is 0 Å². The number of aromatic amines is 1. The number of amides is 1. The van der Waals surface area contributed by atoms with Gasteiger partial charge in [-0.05, 0) is 44.9 Å². The van der Waals surface area contributed by atoms with Gasteiger partial charge in [0.2, 0.25) is 5.95 Å². The molecule has 2 N–H and O–H groups in total. The average molecular weight is 484 g/mol. The molecule has 1 amide bonds. The van der Waals surface area contributed by atoms with Crippen LogP contribution in [0.4, 0.5) is 17.6 Å². The molecule has 4 aromatic rings. The fourth-order valence-electron chi connectivity index (χ4n) is 5.26. The van der Waals surface area contributed by atoms with E-state index in [1.165, 1.54) is 0 Å². The summed E-state index contributed by atoms with van der Waals surface area (Å²) in [4.78, 5) is 31.8. The van der Waals surface area contributed by atoms with Gasteiger partial charge in [-0.3, -0.25) is 14.9 Å². The minimum Gasteiger partial charge on any atom is -0.357 e. The molecule has 0 radical (unpaired) electrons. The number of rotatable bonds is 5. The maximum absolute atomic E-state index is 13.5. The third-order valence-corrected chi connectivity index (χ3v) is 6.94. The molecule has 2 saturated heterocycles. The van der Waals surface area contributed by atoms with Crippen LogP contribution in [0, 0.1) is 13.8 Å². The van der Waals surface area contributed by atoms with Crippen molar-refractivity contribution in [2.24, 2.45) is 7.05 Å². The topological polar surface area (TPSA) is 108 Å². The van der Waals surface area contributed by atoms with Gasteiger partial charge in [0, 0.05) is 67.8 Å². The Hall–Kier alpha value is -4.21. The van der Waals surface area contributed by atoms with Crippen molar-refractivity contribution in [3.8, 4) is 11.3 Å². The molecule has 36 heavy (non-hydrogen) atoms. The lowest BCUT2D eigenvalue weighted by Crippen LogP contribution is -2.56. The number of aryl methyl sites for hydroxylation is 3. The van der Waals surface area contributed by atoms with E-state index in [1.54, 1.807) is 6.20 Å². The molecule has 0 aliphatic carbocycles. The first-order valence-corrected chi connectivity index (χ1v) is 12.2. The Labute approximate surface area is 209 Å². The van der Waals surface area contributed by atoms with Crippen molar-refractivity contribution in [1.82, 2.24) is 34.6 Å². The Morgan fingerprint density at radius 3 is 2.50 bits per heavy atom. The number of aromatic nitrogens is 6. The highest BCUT2D eigenvalue weighted by atomic mass is 16.2. The second-order valence-electron chi connectivity index (χ2n) is 9.76. The summed E-state index contributed by atoms with van der Waals surface area (Å²) in [7, 11) is 1.98. The van der Waals surface area contributed by atoms with Gasteiger partial charge in [-0.2, -0.15) is 10.1 Å². The first-order chi connectivity index (χ1) is 17.4. The molecular formula is C26H29N9O. The number of nitrogens with one attached hydrogen (secondary N) is 2. The molecule has 2 aliphatic heterocycles. The summed E-state index contributed by atoms with van der Waals surface area (Å²) < 4.78 is 1.99. The molecule has 0 aromatic carbocycles. The standard InChI is InChI=1S/C26H29N9O/c1-16-10-23(29-24-11-17(2)31-32-24)30-26(28-16)34-14-20-5-6-21(15-34)35(20)25(36)18-4-7-22(27-12-18)19-8-9-33(3)13-19/h4,7-13,20-21H,5-6,14-15H2,1-3H3,(H2,28,29,30,31,32). The third-order valence-electron chi connectivity index (χ3n) is 6.94. The molecule has 184 valence electrons. The van der Waals surface area contributed by atoms with Crippen LogP contribution in [0.15, 0.2) is 48.9 Å². The molecule has 10 heteroatoms. The van der Waals surface area contributed by atoms with Crippen LogP contribution < -0.4 is 10.2 Å². The van der Waals surface area contributed by atoms with Gasteiger partial charge < -0.3 is 19.7 Å². The summed E-state index contributed by atoms with van der Waals surface area (Å²) in [6.45, 7) is 5.34. The number of carbonyl (C=O) groups excluding carboxylic acids is 1. The number of hydrogen-bond acceptors (Lipinski definition) is 7. The number of pyridine rings is 1. The van der Waals surface area contributed by atoms with E-state index in [2.05, 4.69) is 30.3 Å². The Bertz CT molecular complexity index is 1390. The molecule has 10 nitrogen and oxygen atoms in total. The van der Waals surface area contributed by atoms with Gasteiger partial charge in [-0.15, -0.1) is 0 Å². The zero-order valence-corrected chi connectivity index (χ0v) is 20.6. The summed E-state index contributed by atoms with van der Waals surface area (Å²) in [5, 5.41) is 10.4. The van der Waals surface area contributed by atoms with Gasteiger partial charge in [-0.25, -0.2) is 4.98 Å². The maximum Gasteiger partial charge on any atom is 0.256 e. The monoisotopic (exact) mass is 483 g/mol. The van der Waals surface area contributed by atoms with Gasteiger partial charge >= 0.3 is 0 Å². The van der Waals surface area contributed by atoms with E-state index in [4.69, 9.17) is 9.97 Å². The van der Waals surface area contributed by atoms with E-state index in [1.807, 2.05) is 68.2 Å². The third kappa shape index (κ3) is 4.19. The lowest BCUT2D eigenvalue weighted by Gasteiger charge is -2.41. The Balaban J connectivity index is 1.18. The van der Waals surface area contributed by atoms with Gasteiger partial charge in [0.1, 0.15) is 5.82 Å². The predicted octanol–water partition coefficient (Wildman–Crippen LogP) is 3.45. The summed E-state index contributed by atoms with van der Waals surface area (Å²) in [5.41, 5.74) is 4.40. The highest BCUT2D eigenvalue weighted by Gasteiger charge is 2.43. The molecular weight excluding hydrogens is 454 g/mol. The predicted molar refractivity (Wildman–Crippen MR) is 137 cm³/mol. The molecule has 2 aliphatic rings. The smallest absolute Gasteiger partial charge is 0.256 e. The first kappa shape index (κ1) is 22.3. The number of piperazine rings is 1. The van der Waals surface area contributed by atoms with Crippen LogP contribution in [0.5, 0.6) is 0 Å². The van der Waals surface area contributed by atoms with Crippen LogP contribution in [0.25, 0.3) is 11.3 Å². The molecule has 4 aromatic heterocycles. The molecule has 2 fully saturated rings. The Kier molecular flexibility index (Phi) is 5.43. The number of anilines is 3. The number of H-pyrrole nitrogens is 1. The highest BCUT2D eigenvalue weighted by molar-refractivity contribution is 5.95. The van der Waals surface area contributed by atoms with Crippen LogP contribution in [-0.2, 0) is 7.05 Å². The van der Waals surface area contributed by atoms with Crippen molar-refractivity contribution in [2.75, 3.05) is 23.3 Å². The van der Waals surface area contributed by atoms with Gasteiger partial charge in [0.05, 0.1) is 23.3 Å². The van der Waals surface area contributed by atoms with E-state index >= 15 is 0 Å². The van der Waals surface area contributed by atoms with E-state index < -0.39 is 0 Å². The maximum atomic E-state index is 13.5. The van der Waals surface area contributed by atoms with Crippen LogP contribution in [0.1, 0.15) is 34.6 Å². The number of fused-ring (bicyclic) bond motifs is 2. The number of hydrogen-bond donors (Lipinski definition) is 2. The summed E-state index contributed by atoms with van der Waals surface area (Å²) in [6.07, 6.45) is 7.67. The molecule has 2 atom stereocenters. The van der Waals surface area contributed by atoms with Crippen molar-refractivity contribution < 1.29 is 4.79 Å². The molecule has 2 unspecified atom stereocenters. The highest BCUT2D eigenvalue weighted by Crippen LogP contribution is 2.33. The SMILES string of the molecule is Cc1cc(Nc2cc(C)[nH]n2)nc(N2CC3CCC(C2)N3C(=O)c2ccc(-c3ccn(C)c3)nc2)n1. The van der Waals surface area contributed by atoms with Crippen LogP contribution in [-0.4, -0.2) is 65.7 Å². The minimum absolute atomic E-state index is 0.0516. The largest absolute Gasteiger partial charge is 0.357 e. The normalized spacial score (nSPS) is 19.1. The molecule has 6 rings (SSSR count). The average Bonchev–Trinajstić information content (AvgIpc) is 3.55. The quantitative estimate of drug-likeness (QED) is 0.448. The number of carbonyl (C=O) groups is 1. The first-order valence-electron chi connectivity index (χ1n) is 12.2. The second-order valence-corrected chi connectivity index (χ2v) is 9.76. The molecule has 0 saturated carbocycles. The molecule has 0 spiro atoms. The van der Waals surface area contributed by atoms with Gasteiger partial charge in [0.15, 0.2) is 5.82 Å².